The lowest BCUT2D eigenvalue weighted by molar-refractivity contribution is -0.121. The number of carbonyl (C=O) groups excluding carboxylic acids is 1. The topological polar surface area (TPSA) is 61.8 Å². The highest BCUT2D eigenvalue weighted by Crippen LogP contribution is 2.30. The van der Waals surface area contributed by atoms with E-state index < -0.39 is 0 Å². The van der Waals surface area contributed by atoms with Gasteiger partial charge >= 0.3 is 0 Å². The van der Waals surface area contributed by atoms with Crippen molar-refractivity contribution in [3.05, 3.63) is 35.9 Å². The van der Waals surface area contributed by atoms with Gasteiger partial charge in [-0.15, -0.1) is 0 Å². The number of methoxy groups -OCH3 is 1. The average Bonchev–Trinajstić information content (AvgIpc) is 2.49. The predicted molar refractivity (Wildman–Crippen MR) is 82.6 cm³/mol. The number of phenols is 1. The van der Waals surface area contributed by atoms with Gasteiger partial charge in [0.05, 0.1) is 13.7 Å². The summed E-state index contributed by atoms with van der Waals surface area (Å²) in [6.45, 7) is 0.750. The van der Waals surface area contributed by atoms with Crippen LogP contribution in [-0.4, -0.2) is 43.7 Å². The van der Waals surface area contributed by atoms with Gasteiger partial charge in [-0.05, 0) is 36.0 Å². The molecule has 2 aromatic rings. The zero-order valence-electron chi connectivity index (χ0n) is 12.5. The maximum absolute atomic E-state index is 11.4. The Morgan fingerprint density at radius 2 is 2.05 bits per heavy atom. The van der Waals surface area contributed by atoms with E-state index >= 15 is 0 Å². The molecular weight excluding hydrogens is 268 g/mol. The second-order valence-corrected chi connectivity index (χ2v) is 5.00. The third kappa shape index (κ3) is 3.44. The Morgan fingerprint density at radius 1 is 1.33 bits per heavy atom. The molecule has 0 saturated heterocycles. The van der Waals surface area contributed by atoms with Crippen LogP contribution in [0.2, 0.25) is 0 Å². The van der Waals surface area contributed by atoms with Crippen molar-refractivity contribution in [2.45, 2.75) is 6.54 Å². The average molecular weight is 288 g/mol. The summed E-state index contributed by atoms with van der Waals surface area (Å²) in [6.07, 6.45) is 0. The molecule has 0 radical (unpaired) electrons. The zero-order valence-corrected chi connectivity index (χ0v) is 12.5. The maximum atomic E-state index is 11.4. The Balaban J connectivity index is 2.37. The van der Waals surface area contributed by atoms with Crippen LogP contribution in [-0.2, 0) is 11.3 Å². The Kier molecular flexibility index (Phi) is 4.65. The third-order valence-corrected chi connectivity index (χ3v) is 3.44. The van der Waals surface area contributed by atoms with Crippen molar-refractivity contribution in [3.63, 3.8) is 0 Å². The van der Waals surface area contributed by atoms with Crippen LogP contribution in [0.15, 0.2) is 30.3 Å². The van der Waals surface area contributed by atoms with E-state index in [1.54, 1.807) is 20.2 Å². The van der Waals surface area contributed by atoms with Crippen molar-refractivity contribution in [2.24, 2.45) is 0 Å². The van der Waals surface area contributed by atoms with Crippen LogP contribution >= 0.6 is 0 Å². The molecule has 0 heterocycles. The number of aromatic hydroxyl groups is 1. The summed E-state index contributed by atoms with van der Waals surface area (Å²) in [5.41, 5.74) is 0.790. The van der Waals surface area contributed by atoms with E-state index in [9.17, 15) is 9.90 Å². The first kappa shape index (κ1) is 15.1. The highest BCUT2D eigenvalue weighted by molar-refractivity contribution is 5.89. The summed E-state index contributed by atoms with van der Waals surface area (Å²) in [5.74, 6) is 0.901. The molecule has 1 amide bonds. The summed E-state index contributed by atoms with van der Waals surface area (Å²) in [7, 11) is 5.06. The standard InChI is InChI=1S/C16H20N2O3/c1-17-16(20)10-18(2)9-14-13-8-12(21-3)6-4-11(13)5-7-15(14)19/h4-8,19H,9-10H2,1-3H3,(H,17,20). The monoisotopic (exact) mass is 288 g/mol. The number of carbonyl (C=O) groups is 1. The Labute approximate surface area is 124 Å². The number of amides is 1. The SMILES string of the molecule is CNC(=O)CN(C)Cc1c(O)ccc2ccc(OC)cc12. The van der Waals surface area contributed by atoms with E-state index in [4.69, 9.17) is 4.74 Å². The summed E-state index contributed by atoms with van der Waals surface area (Å²) in [4.78, 5) is 13.3. The number of nitrogens with zero attached hydrogens (tertiary/aromatic N) is 1. The molecule has 0 aliphatic heterocycles. The smallest absolute Gasteiger partial charge is 0.233 e. The van der Waals surface area contributed by atoms with Gasteiger partial charge < -0.3 is 15.2 Å². The molecule has 0 atom stereocenters. The molecule has 0 aliphatic rings. The van der Waals surface area contributed by atoms with E-state index in [1.807, 2.05) is 36.2 Å². The Bertz CT molecular complexity index is 655. The molecule has 0 fully saturated rings. The van der Waals surface area contributed by atoms with Gasteiger partial charge in [0.1, 0.15) is 11.5 Å². The molecule has 5 nitrogen and oxygen atoms in total. The number of nitrogens with one attached hydrogen (secondary N) is 1. The molecule has 0 saturated carbocycles. The highest BCUT2D eigenvalue weighted by Gasteiger charge is 2.12. The van der Waals surface area contributed by atoms with Gasteiger partial charge in [-0.25, -0.2) is 0 Å². The first-order valence-corrected chi connectivity index (χ1v) is 6.73. The van der Waals surface area contributed by atoms with Crippen LogP contribution in [0.1, 0.15) is 5.56 Å². The van der Waals surface area contributed by atoms with Crippen LogP contribution in [0.25, 0.3) is 10.8 Å². The van der Waals surface area contributed by atoms with Gasteiger partial charge in [0.2, 0.25) is 5.91 Å². The van der Waals surface area contributed by atoms with E-state index in [1.165, 1.54) is 0 Å². The fourth-order valence-corrected chi connectivity index (χ4v) is 2.29. The lowest BCUT2D eigenvalue weighted by Gasteiger charge is -2.18. The first-order valence-electron chi connectivity index (χ1n) is 6.73. The van der Waals surface area contributed by atoms with Gasteiger partial charge in [0.25, 0.3) is 0 Å². The third-order valence-electron chi connectivity index (χ3n) is 3.44. The fourth-order valence-electron chi connectivity index (χ4n) is 2.29. The number of fused-ring (bicyclic) bond motifs is 1. The quantitative estimate of drug-likeness (QED) is 0.879. The normalized spacial score (nSPS) is 10.9. The van der Waals surface area contributed by atoms with Crippen molar-refractivity contribution in [3.8, 4) is 11.5 Å². The van der Waals surface area contributed by atoms with Gasteiger partial charge in [0, 0.05) is 19.2 Å². The second kappa shape index (κ2) is 6.45. The fraction of sp³-hybridized carbons (Fsp3) is 0.312. The number of rotatable bonds is 5. The summed E-state index contributed by atoms with van der Waals surface area (Å²) in [5, 5.41) is 14.7. The molecule has 0 unspecified atom stereocenters. The first-order chi connectivity index (χ1) is 10.0. The molecule has 2 N–H and O–H groups in total. The summed E-state index contributed by atoms with van der Waals surface area (Å²) in [6, 6.07) is 9.29. The minimum atomic E-state index is -0.0604. The van der Waals surface area contributed by atoms with Crippen LogP contribution in [0.3, 0.4) is 0 Å². The van der Waals surface area contributed by atoms with Crippen LogP contribution in [0, 0.1) is 0 Å². The zero-order chi connectivity index (χ0) is 15.4. The molecule has 0 aliphatic carbocycles. The Morgan fingerprint density at radius 3 is 2.71 bits per heavy atom. The van der Waals surface area contributed by atoms with Crippen molar-refractivity contribution in [1.82, 2.24) is 10.2 Å². The van der Waals surface area contributed by atoms with Gasteiger partial charge in [-0.3, -0.25) is 9.69 Å². The van der Waals surface area contributed by atoms with Crippen LogP contribution < -0.4 is 10.1 Å². The minimum Gasteiger partial charge on any atom is -0.508 e. The van der Waals surface area contributed by atoms with E-state index in [2.05, 4.69) is 5.32 Å². The molecule has 2 rings (SSSR count). The molecule has 5 heteroatoms. The lowest BCUT2D eigenvalue weighted by atomic mass is 10.0. The molecule has 0 aromatic heterocycles. The second-order valence-electron chi connectivity index (χ2n) is 5.00. The molecule has 2 aromatic carbocycles. The maximum Gasteiger partial charge on any atom is 0.233 e. The van der Waals surface area contributed by atoms with Crippen molar-refractivity contribution in [2.75, 3.05) is 27.7 Å². The van der Waals surface area contributed by atoms with Gasteiger partial charge in [-0.1, -0.05) is 12.1 Å². The highest BCUT2D eigenvalue weighted by atomic mass is 16.5. The summed E-state index contributed by atoms with van der Waals surface area (Å²) >= 11 is 0. The molecule has 21 heavy (non-hydrogen) atoms. The minimum absolute atomic E-state index is 0.0604. The van der Waals surface area contributed by atoms with E-state index in [-0.39, 0.29) is 18.2 Å². The van der Waals surface area contributed by atoms with Gasteiger partial charge in [-0.2, -0.15) is 0 Å². The van der Waals surface area contributed by atoms with E-state index in [0.29, 0.717) is 6.54 Å². The van der Waals surface area contributed by atoms with E-state index in [0.717, 1.165) is 22.1 Å². The summed E-state index contributed by atoms with van der Waals surface area (Å²) < 4.78 is 5.24. The number of likely N-dealkylation sites (N-methyl/N-ethyl adjacent to an activating group) is 2. The number of phenolic OH excluding ortho intramolecular Hbond substituents is 1. The van der Waals surface area contributed by atoms with Crippen LogP contribution in [0.4, 0.5) is 0 Å². The molecule has 0 spiro atoms. The lowest BCUT2D eigenvalue weighted by Crippen LogP contribution is -2.32. The largest absolute Gasteiger partial charge is 0.508 e. The molecular formula is C16H20N2O3. The Hall–Kier alpha value is -2.27. The molecule has 0 bridgehead atoms. The van der Waals surface area contributed by atoms with Gasteiger partial charge in [0.15, 0.2) is 0 Å². The molecule has 112 valence electrons. The number of ether oxygens (including phenoxy) is 1. The van der Waals surface area contributed by atoms with Crippen LogP contribution in [0.5, 0.6) is 11.5 Å². The number of benzene rings is 2. The predicted octanol–water partition coefficient (Wildman–Crippen LogP) is 1.73. The van der Waals surface area contributed by atoms with Crippen molar-refractivity contribution < 1.29 is 14.6 Å². The number of hydrogen-bond donors (Lipinski definition) is 2. The van der Waals surface area contributed by atoms with Crippen molar-refractivity contribution >= 4 is 16.7 Å². The number of hydrogen-bond acceptors (Lipinski definition) is 4. The van der Waals surface area contributed by atoms with Crippen molar-refractivity contribution in [1.29, 1.82) is 0 Å².